The second-order valence-electron chi connectivity index (χ2n) is 5.34. The van der Waals surface area contributed by atoms with E-state index in [0.717, 1.165) is 23.2 Å². The summed E-state index contributed by atoms with van der Waals surface area (Å²) in [6, 6.07) is 18.7. The molecule has 0 saturated carbocycles. The highest BCUT2D eigenvalue weighted by Gasteiger charge is 2.34. The van der Waals surface area contributed by atoms with Crippen LogP contribution in [0.15, 0.2) is 59.0 Å². The van der Waals surface area contributed by atoms with Gasteiger partial charge in [0.2, 0.25) is 0 Å². The first kappa shape index (κ1) is 11.7. The zero-order valence-electron chi connectivity index (χ0n) is 11.0. The Morgan fingerprint density at radius 1 is 1.10 bits per heavy atom. The number of hydrogen-bond donors (Lipinski definition) is 2. The van der Waals surface area contributed by atoms with Crippen LogP contribution in [0.4, 0.5) is 0 Å². The normalized spacial score (nSPS) is 18.6. The number of hydrogen-bond acceptors (Lipinski definition) is 3. The van der Waals surface area contributed by atoms with E-state index in [1.54, 1.807) is 0 Å². The lowest BCUT2D eigenvalue weighted by atomic mass is 9.73. The van der Waals surface area contributed by atoms with Crippen molar-refractivity contribution in [1.82, 2.24) is 5.43 Å². The van der Waals surface area contributed by atoms with Gasteiger partial charge in [0.1, 0.15) is 11.3 Å². The molecule has 0 fully saturated rings. The van der Waals surface area contributed by atoms with Crippen molar-refractivity contribution in [3.8, 4) is 0 Å². The maximum atomic E-state index is 5.95. The molecule has 1 heterocycles. The third kappa shape index (κ3) is 1.68. The Hall–Kier alpha value is -2.10. The lowest BCUT2D eigenvalue weighted by molar-refractivity contribution is 0.358. The van der Waals surface area contributed by atoms with Gasteiger partial charge >= 0.3 is 0 Å². The summed E-state index contributed by atoms with van der Waals surface area (Å²) in [5, 5.41) is 1.12. The van der Waals surface area contributed by atoms with E-state index in [1.165, 1.54) is 11.1 Å². The molecule has 0 saturated heterocycles. The average molecular weight is 264 g/mol. The fraction of sp³-hybridized carbons (Fsp3) is 0.176. The summed E-state index contributed by atoms with van der Waals surface area (Å²) >= 11 is 0. The standard InChI is InChI=1S/C17H16N2O/c18-19-17(14-9-11-5-1-3-7-13(11)14)16-10-12-6-2-4-8-15(12)20-16/h1-8,10,14,17,19H,9,18H2. The van der Waals surface area contributed by atoms with Gasteiger partial charge in [-0.3, -0.25) is 5.84 Å². The minimum Gasteiger partial charge on any atom is -0.459 e. The third-order valence-electron chi connectivity index (χ3n) is 4.23. The van der Waals surface area contributed by atoms with Crippen LogP contribution < -0.4 is 11.3 Å². The van der Waals surface area contributed by atoms with Crippen molar-refractivity contribution >= 4 is 11.0 Å². The number of furan rings is 1. The summed E-state index contributed by atoms with van der Waals surface area (Å²) in [7, 11) is 0. The van der Waals surface area contributed by atoms with Gasteiger partial charge in [-0.25, -0.2) is 5.43 Å². The van der Waals surface area contributed by atoms with Gasteiger partial charge in [-0.1, -0.05) is 42.5 Å². The maximum Gasteiger partial charge on any atom is 0.134 e. The minimum atomic E-state index is 0.0253. The quantitative estimate of drug-likeness (QED) is 0.564. The molecule has 4 rings (SSSR count). The largest absolute Gasteiger partial charge is 0.459 e. The van der Waals surface area contributed by atoms with Gasteiger partial charge < -0.3 is 4.42 Å². The third-order valence-corrected chi connectivity index (χ3v) is 4.23. The van der Waals surface area contributed by atoms with Crippen molar-refractivity contribution in [3.63, 3.8) is 0 Å². The summed E-state index contributed by atoms with van der Waals surface area (Å²) in [6.45, 7) is 0. The molecule has 20 heavy (non-hydrogen) atoms. The Kier molecular flexibility index (Phi) is 2.62. The minimum absolute atomic E-state index is 0.0253. The van der Waals surface area contributed by atoms with Crippen LogP contribution in [0.5, 0.6) is 0 Å². The van der Waals surface area contributed by atoms with Gasteiger partial charge in [0.15, 0.2) is 0 Å². The van der Waals surface area contributed by atoms with Crippen LogP contribution in [0.25, 0.3) is 11.0 Å². The Bertz CT molecular complexity index is 729. The molecule has 2 unspecified atom stereocenters. The van der Waals surface area contributed by atoms with Crippen molar-refractivity contribution in [2.24, 2.45) is 5.84 Å². The van der Waals surface area contributed by atoms with Crippen molar-refractivity contribution in [2.45, 2.75) is 18.4 Å². The molecule has 0 spiro atoms. The van der Waals surface area contributed by atoms with Crippen LogP contribution in [-0.2, 0) is 6.42 Å². The summed E-state index contributed by atoms with van der Waals surface area (Å²) in [5.41, 5.74) is 6.62. The number of fused-ring (bicyclic) bond motifs is 2. The SMILES string of the molecule is NNC(c1cc2ccccc2o1)C1Cc2ccccc21. The molecule has 0 radical (unpaired) electrons. The molecular weight excluding hydrogens is 248 g/mol. The van der Waals surface area contributed by atoms with Crippen molar-refractivity contribution < 1.29 is 4.42 Å². The number of nitrogens with one attached hydrogen (secondary N) is 1. The smallest absolute Gasteiger partial charge is 0.134 e. The Morgan fingerprint density at radius 3 is 2.70 bits per heavy atom. The van der Waals surface area contributed by atoms with Crippen molar-refractivity contribution in [2.75, 3.05) is 0 Å². The zero-order valence-corrected chi connectivity index (χ0v) is 11.0. The highest BCUT2D eigenvalue weighted by Crippen LogP contribution is 2.43. The molecule has 3 heteroatoms. The molecule has 1 aromatic heterocycles. The summed E-state index contributed by atoms with van der Waals surface area (Å²) < 4.78 is 5.95. The molecule has 100 valence electrons. The molecule has 1 aliphatic carbocycles. The topological polar surface area (TPSA) is 51.2 Å². The monoisotopic (exact) mass is 264 g/mol. The first-order valence-corrected chi connectivity index (χ1v) is 6.89. The first-order chi connectivity index (χ1) is 9.86. The number of nitrogens with two attached hydrogens (primary N) is 1. The number of para-hydroxylation sites is 1. The van der Waals surface area contributed by atoms with E-state index in [4.69, 9.17) is 10.3 Å². The highest BCUT2D eigenvalue weighted by molar-refractivity contribution is 5.77. The molecular formula is C17H16N2O. The second kappa shape index (κ2) is 4.47. The average Bonchev–Trinajstić information content (AvgIpc) is 2.88. The Balaban J connectivity index is 1.72. The van der Waals surface area contributed by atoms with E-state index in [0.29, 0.717) is 5.92 Å². The van der Waals surface area contributed by atoms with E-state index >= 15 is 0 Å². The van der Waals surface area contributed by atoms with E-state index in [1.807, 2.05) is 18.2 Å². The summed E-state index contributed by atoms with van der Waals surface area (Å²) in [5.74, 6) is 7.08. The van der Waals surface area contributed by atoms with E-state index in [9.17, 15) is 0 Å². The van der Waals surface area contributed by atoms with Gasteiger partial charge in [0.05, 0.1) is 6.04 Å². The highest BCUT2D eigenvalue weighted by atomic mass is 16.3. The fourth-order valence-electron chi connectivity index (χ4n) is 3.15. The van der Waals surface area contributed by atoms with Crippen molar-refractivity contribution in [1.29, 1.82) is 0 Å². The van der Waals surface area contributed by atoms with Crippen LogP contribution in [-0.4, -0.2) is 0 Å². The second-order valence-corrected chi connectivity index (χ2v) is 5.34. The van der Waals surface area contributed by atoms with Gasteiger partial charge in [-0.15, -0.1) is 0 Å². The van der Waals surface area contributed by atoms with Crippen LogP contribution in [0.3, 0.4) is 0 Å². The van der Waals surface area contributed by atoms with Crippen LogP contribution in [0.1, 0.15) is 28.8 Å². The molecule has 3 N–H and O–H groups in total. The van der Waals surface area contributed by atoms with Gasteiger partial charge in [0, 0.05) is 11.3 Å². The number of benzene rings is 2. The van der Waals surface area contributed by atoms with E-state index in [2.05, 4.69) is 41.8 Å². The molecule has 0 aliphatic heterocycles. The molecule has 3 nitrogen and oxygen atoms in total. The van der Waals surface area contributed by atoms with E-state index in [-0.39, 0.29) is 6.04 Å². The molecule has 2 atom stereocenters. The Labute approximate surface area is 117 Å². The summed E-state index contributed by atoms with van der Waals surface area (Å²) in [4.78, 5) is 0. The molecule has 0 bridgehead atoms. The molecule has 3 aromatic rings. The number of hydrazine groups is 1. The lowest BCUT2D eigenvalue weighted by Crippen LogP contribution is -2.36. The molecule has 0 amide bonds. The van der Waals surface area contributed by atoms with Crippen molar-refractivity contribution in [3.05, 3.63) is 71.5 Å². The van der Waals surface area contributed by atoms with Gasteiger partial charge in [-0.05, 0) is 29.7 Å². The Morgan fingerprint density at radius 2 is 1.90 bits per heavy atom. The van der Waals surface area contributed by atoms with Crippen LogP contribution in [0, 0.1) is 0 Å². The lowest BCUT2D eigenvalue weighted by Gasteiger charge is -2.35. The maximum absolute atomic E-state index is 5.95. The fourth-order valence-corrected chi connectivity index (χ4v) is 3.15. The van der Waals surface area contributed by atoms with E-state index < -0.39 is 0 Å². The van der Waals surface area contributed by atoms with Crippen LogP contribution >= 0.6 is 0 Å². The van der Waals surface area contributed by atoms with Gasteiger partial charge in [-0.2, -0.15) is 0 Å². The molecule has 1 aliphatic rings. The number of rotatable bonds is 3. The summed E-state index contributed by atoms with van der Waals surface area (Å²) in [6.07, 6.45) is 1.04. The predicted molar refractivity (Wildman–Crippen MR) is 79.2 cm³/mol. The molecule has 2 aromatic carbocycles. The first-order valence-electron chi connectivity index (χ1n) is 6.89. The zero-order chi connectivity index (χ0) is 13.5. The van der Waals surface area contributed by atoms with Gasteiger partial charge in [0.25, 0.3) is 0 Å². The van der Waals surface area contributed by atoms with Crippen LogP contribution in [0.2, 0.25) is 0 Å². The predicted octanol–water partition coefficient (Wildman–Crippen LogP) is 3.28.